The molecule has 88 valence electrons. The van der Waals surface area contributed by atoms with Crippen LogP contribution in [0.4, 0.5) is 5.95 Å². The highest BCUT2D eigenvalue weighted by Gasteiger charge is 2.17. The van der Waals surface area contributed by atoms with Gasteiger partial charge in [-0.2, -0.15) is 0 Å². The molecule has 1 fully saturated rings. The van der Waals surface area contributed by atoms with Crippen molar-refractivity contribution in [3.05, 3.63) is 18.0 Å². The molecule has 0 saturated heterocycles. The Morgan fingerprint density at radius 2 is 2.06 bits per heavy atom. The van der Waals surface area contributed by atoms with E-state index in [1.807, 2.05) is 19.2 Å². The van der Waals surface area contributed by atoms with Crippen LogP contribution in [0.2, 0.25) is 0 Å². The van der Waals surface area contributed by atoms with Crippen LogP contribution in [0.5, 0.6) is 0 Å². The van der Waals surface area contributed by atoms with Gasteiger partial charge in [0.25, 0.3) is 0 Å². The summed E-state index contributed by atoms with van der Waals surface area (Å²) in [6.45, 7) is 5.37. The second-order valence-electron chi connectivity index (χ2n) is 5.03. The zero-order valence-electron chi connectivity index (χ0n) is 10.2. The molecule has 1 aromatic heterocycles. The first kappa shape index (κ1) is 11.4. The van der Waals surface area contributed by atoms with Crippen LogP contribution < -0.4 is 5.32 Å². The number of hydrogen-bond acceptors (Lipinski definition) is 3. The molecule has 0 amide bonds. The van der Waals surface area contributed by atoms with Gasteiger partial charge in [0.2, 0.25) is 5.95 Å². The predicted molar refractivity (Wildman–Crippen MR) is 66.4 cm³/mol. The number of nitrogens with zero attached hydrogens (tertiary/aromatic N) is 2. The molecule has 0 atom stereocenters. The number of anilines is 1. The van der Waals surface area contributed by atoms with Gasteiger partial charge in [-0.05, 0) is 37.7 Å². The Morgan fingerprint density at radius 3 is 2.75 bits per heavy atom. The molecule has 0 aliphatic heterocycles. The quantitative estimate of drug-likeness (QED) is 0.849. The maximum atomic E-state index is 4.35. The van der Waals surface area contributed by atoms with Crippen molar-refractivity contribution in [1.82, 2.24) is 9.97 Å². The molecular formula is C13H21N3. The van der Waals surface area contributed by atoms with E-state index in [2.05, 4.69) is 22.2 Å². The maximum absolute atomic E-state index is 4.35. The normalized spacial score (nSPS) is 25.4. The molecule has 1 heterocycles. The third kappa shape index (κ3) is 3.19. The van der Waals surface area contributed by atoms with E-state index in [1.165, 1.54) is 25.7 Å². The van der Waals surface area contributed by atoms with Crippen molar-refractivity contribution in [1.29, 1.82) is 0 Å². The van der Waals surface area contributed by atoms with Gasteiger partial charge in [-0.15, -0.1) is 0 Å². The number of aromatic nitrogens is 2. The van der Waals surface area contributed by atoms with Crippen molar-refractivity contribution in [3.8, 4) is 0 Å². The lowest BCUT2D eigenvalue weighted by Crippen LogP contribution is -2.21. The van der Waals surface area contributed by atoms with E-state index >= 15 is 0 Å². The van der Waals surface area contributed by atoms with E-state index in [4.69, 9.17) is 0 Å². The summed E-state index contributed by atoms with van der Waals surface area (Å²) < 4.78 is 0. The molecule has 1 aliphatic carbocycles. The zero-order chi connectivity index (χ0) is 11.4. The summed E-state index contributed by atoms with van der Waals surface area (Å²) in [5, 5.41) is 3.35. The van der Waals surface area contributed by atoms with E-state index < -0.39 is 0 Å². The Balaban J connectivity index is 1.79. The molecule has 16 heavy (non-hydrogen) atoms. The molecule has 0 radical (unpaired) electrons. The van der Waals surface area contributed by atoms with E-state index in [9.17, 15) is 0 Å². The lowest BCUT2D eigenvalue weighted by Gasteiger charge is -2.26. The second-order valence-corrected chi connectivity index (χ2v) is 5.03. The van der Waals surface area contributed by atoms with Crippen LogP contribution in [0, 0.1) is 18.8 Å². The molecule has 0 spiro atoms. The standard InChI is InChI=1S/C13H21N3/c1-10-3-5-12(6-4-10)9-15-13-14-8-7-11(2)16-13/h7-8,10,12H,3-6,9H2,1-2H3,(H,14,15,16)/t10-,12-. The smallest absolute Gasteiger partial charge is 0.222 e. The Kier molecular flexibility index (Phi) is 3.75. The Bertz CT molecular complexity index is 330. The summed E-state index contributed by atoms with van der Waals surface area (Å²) in [6, 6.07) is 1.92. The van der Waals surface area contributed by atoms with Gasteiger partial charge in [0.15, 0.2) is 0 Å². The number of aryl methyl sites for hydroxylation is 1. The molecule has 3 nitrogen and oxygen atoms in total. The Labute approximate surface area is 97.7 Å². The minimum Gasteiger partial charge on any atom is -0.354 e. The minimum absolute atomic E-state index is 0.777. The predicted octanol–water partition coefficient (Wildman–Crippen LogP) is 3.02. The first-order valence-electron chi connectivity index (χ1n) is 6.27. The number of hydrogen-bond donors (Lipinski definition) is 1. The van der Waals surface area contributed by atoms with Crippen molar-refractivity contribution in [2.45, 2.75) is 39.5 Å². The van der Waals surface area contributed by atoms with E-state index in [-0.39, 0.29) is 0 Å². The molecule has 1 aromatic rings. The molecule has 0 unspecified atom stereocenters. The fourth-order valence-corrected chi connectivity index (χ4v) is 2.30. The van der Waals surface area contributed by atoms with Crippen LogP contribution in [0.1, 0.15) is 38.3 Å². The van der Waals surface area contributed by atoms with Gasteiger partial charge in [0, 0.05) is 18.4 Å². The van der Waals surface area contributed by atoms with Gasteiger partial charge in [0.05, 0.1) is 0 Å². The van der Waals surface area contributed by atoms with E-state index in [1.54, 1.807) is 0 Å². The van der Waals surface area contributed by atoms with Crippen molar-refractivity contribution < 1.29 is 0 Å². The van der Waals surface area contributed by atoms with Gasteiger partial charge in [-0.25, -0.2) is 9.97 Å². The lowest BCUT2D eigenvalue weighted by atomic mass is 9.83. The topological polar surface area (TPSA) is 37.8 Å². The van der Waals surface area contributed by atoms with Crippen molar-refractivity contribution in [2.24, 2.45) is 11.8 Å². The number of nitrogens with one attached hydrogen (secondary N) is 1. The van der Waals surface area contributed by atoms with Crippen LogP contribution in [0.15, 0.2) is 12.3 Å². The summed E-state index contributed by atoms with van der Waals surface area (Å²) in [7, 11) is 0. The molecular weight excluding hydrogens is 198 g/mol. The van der Waals surface area contributed by atoms with Crippen molar-refractivity contribution >= 4 is 5.95 Å². The Hall–Kier alpha value is -1.12. The van der Waals surface area contributed by atoms with Crippen LogP contribution in [0.3, 0.4) is 0 Å². The summed E-state index contributed by atoms with van der Waals surface area (Å²) in [5.41, 5.74) is 1.02. The van der Waals surface area contributed by atoms with Gasteiger partial charge in [-0.1, -0.05) is 19.8 Å². The molecule has 0 aromatic carbocycles. The monoisotopic (exact) mass is 219 g/mol. The third-order valence-electron chi connectivity index (χ3n) is 3.48. The summed E-state index contributed by atoms with van der Waals surface area (Å²) in [4.78, 5) is 8.57. The van der Waals surface area contributed by atoms with Crippen LogP contribution >= 0.6 is 0 Å². The van der Waals surface area contributed by atoms with Crippen LogP contribution in [-0.4, -0.2) is 16.5 Å². The average molecular weight is 219 g/mol. The van der Waals surface area contributed by atoms with Gasteiger partial charge < -0.3 is 5.32 Å². The zero-order valence-corrected chi connectivity index (χ0v) is 10.2. The molecule has 1 aliphatic rings. The SMILES string of the molecule is Cc1ccnc(NC[C@H]2CC[C@H](C)CC2)n1. The molecule has 3 heteroatoms. The highest BCUT2D eigenvalue weighted by atomic mass is 15.1. The highest BCUT2D eigenvalue weighted by molar-refractivity contribution is 5.24. The van der Waals surface area contributed by atoms with Crippen LogP contribution in [-0.2, 0) is 0 Å². The average Bonchev–Trinajstić information content (AvgIpc) is 2.28. The lowest BCUT2D eigenvalue weighted by molar-refractivity contribution is 0.300. The van der Waals surface area contributed by atoms with Crippen LogP contribution in [0.25, 0.3) is 0 Å². The van der Waals surface area contributed by atoms with E-state index in [0.717, 1.165) is 30.0 Å². The third-order valence-corrected chi connectivity index (χ3v) is 3.48. The Morgan fingerprint density at radius 1 is 1.31 bits per heavy atom. The second kappa shape index (κ2) is 5.28. The first-order chi connectivity index (χ1) is 7.74. The fourth-order valence-electron chi connectivity index (χ4n) is 2.30. The number of rotatable bonds is 3. The van der Waals surface area contributed by atoms with Gasteiger partial charge >= 0.3 is 0 Å². The van der Waals surface area contributed by atoms with Crippen molar-refractivity contribution in [3.63, 3.8) is 0 Å². The fraction of sp³-hybridized carbons (Fsp3) is 0.692. The van der Waals surface area contributed by atoms with Gasteiger partial charge in [-0.3, -0.25) is 0 Å². The highest BCUT2D eigenvalue weighted by Crippen LogP contribution is 2.28. The summed E-state index contributed by atoms with van der Waals surface area (Å²) in [6.07, 6.45) is 7.26. The summed E-state index contributed by atoms with van der Waals surface area (Å²) >= 11 is 0. The largest absolute Gasteiger partial charge is 0.354 e. The first-order valence-corrected chi connectivity index (χ1v) is 6.27. The molecule has 0 bridgehead atoms. The van der Waals surface area contributed by atoms with Gasteiger partial charge in [0.1, 0.15) is 0 Å². The van der Waals surface area contributed by atoms with E-state index in [0.29, 0.717) is 0 Å². The van der Waals surface area contributed by atoms with Crippen molar-refractivity contribution in [2.75, 3.05) is 11.9 Å². The molecule has 1 N–H and O–H groups in total. The minimum atomic E-state index is 0.777. The summed E-state index contributed by atoms with van der Waals surface area (Å²) in [5.74, 6) is 2.51. The molecule has 1 saturated carbocycles. The molecule has 2 rings (SSSR count). The maximum Gasteiger partial charge on any atom is 0.222 e.